The third-order valence-corrected chi connectivity index (χ3v) is 9.51. The number of rotatable bonds is 7. The Labute approximate surface area is 234 Å². The minimum absolute atomic E-state index is 0.0364. The average Bonchev–Trinajstić information content (AvgIpc) is 3.44. The molecule has 2 bridgehead atoms. The second kappa shape index (κ2) is 9.63. The van der Waals surface area contributed by atoms with Crippen molar-refractivity contribution in [3.8, 4) is 5.75 Å². The highest BCUT2D eigenvalue weighted by Gasteiger charge is 2.68. The quantitative estimate of drug-likeness (QED) is 0.409. The number of fused-ring (bicyclic) bond motifs is 1. The van der Waals surface area contributed by atoms with Crippen LogP contribution in [-0.2, 0) is 30.0 Å². The molecule has 0 radical (unpaired) electrons. The maximum absolute atomic E-state index is 13.3. The molecule has 2 aromatic carbocycles. The highest BCUT2D eigenvalue weighted by atomic mass is 16.7. The highest BCUT2D eigenvalue weighted by molar-refractivity contribution is 6.48. The van der Waals surface area contributed by atoms with Gasteiger partial charge in [-0.2, -0.15) is 0 Å². The maximum Gasteiger partial charge on any atom is 0.482 e. The second-order valence-corrected chi connectivity index (χ2v) is 12.1. The Morgan fingerprint density at radius 2 is 1.90 bits per heavy atom. The fraction of sp³-hybridized carbons (Fsp3) is 0.500. The van der Waals surface area contributed by atoms with Gasteiger partial charge >= 0.3 is 19.1 Å². The molecule has 40 heavy (non-hydrogen) atoms. The topological polar surface area (TPSA) is 109 Å². The fourth-order valence-corrected chi connectivity index (χ4v) is 7.29. The van der Waals surface area contributed by atoms with Crippen LogP contribution in [0.5, 0.6) is 5.75 Å². The van der Waals surface area contributed by atoms with Gasteiger partial charge in [-0.3, -0.25) is 4.79 Å². The molecule has 3 aliphatic carbocycles. The molecule has 0 spiro atoms. The molecule has 1 N–H and O–H groups in total. The van der Waals surface area contributed by atoms with Crippen LogP contribution in [0.1, 0.15) is 78.7 Å². The van der Waals surface area contributed by atoms with E-state index in [1.807, 2.05) is 6.07 Å². The van der Waals surface area contributed by atoms with Crippen molar-refractivity contribution >= 4 is 25.0 Å². The molecular formula is C30H34BNO8. The van der Waals surface area contributed by atoms with E-state index in [4.69, 9.17) is 23.5 Å². The van der Waals surface area contributed by atoms with Gasteiger partial charge in [0.1, 0.15) is 11.3 Å². The van der Waals surface area contributed by atoms with Crippen LogP contribution < -0.4 is 10.1 Å². The van der Waals surface area contributed by atoms with Crippen molar-refractivity contribution in [1.29, 1.82) is 0 Å². The molecule has 0 aromatic heterocycles. The van der Waals surface area contributed by atoms with Crippen LogP contribution in [0.4, 0.5) is 0 Å². The lowest BCUT2D eigenvalue weighted by molar-refractivity contribution is -0.199. The van der Waals surface area contributed by atoms with E-state index >= 15 is 0 Å². The van der Waals surface area contributed by atoms with Crippen molar-refractivity contribution in [2.45, 2.75) is 70.9 Å². The van der Waals surface area contributed by atoms with Gasteiger partial charge in [-0.15, -0.1) is 0 Å². The molecule has 9 nitrogen and oxygen atoms in total. The van der Waals surface area contributed by atoms with Crippen LogP contribution in [0.3, 0.4) is 0 Å². The summed E-state index contributed by atoms with van der Waals surface area (Å²) < 4.78 is 29.7. The van der Waals surface area contributed by atoms with E-state index in [9.17, 15) is 14.4 Å². The molecular weight excluding hydrogens is 513 g/mol. The van der Waals surface area contributed by atoms with Crippen LogP contribution in [-0.4, -0.2) is 49.7 Å². The molecule has 5 aliphatic rings. The number of benzene rings is 2. The molecule has 10 heteroatoms. The molecule has 210 valence electrons. The van der Waals surface area contributed by atoms with Crippen molar-refractivity contribution in [3.63, 3.8) is 0 Å². The Bertz CT molecular complexity index is 1380. The average molecular weight is 547 g/mol. The summed E-state index contributed by atoms with van der Waals surface area (Å²) in [5, 5.41) is 3.00. The van der Waals surface area contributed by atoms with Crippen molar-refractivity contribution in [3.05, 3.63) is 64.7 Å². The second-order valence-electron chi connectivity index (χ2n) is 12.1. The van der Waals surface area contributed by atoms with Crippen LogP contribution in [0.2, 0.25) is 0 Å². The number of cyclic esters (lactones) is 1. The van der Waals surface area contributed by atoms with E-state index in [0.717, 1.165) is 12.8 Å². The third-order valence-electron chi connectivity index (χ3n) is 9.51. The predicted molar refractivity (Wildman–Crippen MR) is 144 cm³/mol. The summed E-state index contributed by atoms with van der Waals surface area (Å²) in [7, 11) is 0.824. The Morgan fingerprint density at radius 1 is 1.12 bits per heavy atom. The van der Waals surface area contributed by atoms with Gasteiger partial charge in [0.2, 0.25) is 5.91 Å². The molecule has 1 amide bonds. The summed E-state index contributed by atoms with van der Waals surface area (Å²) in [6, 6.07) is 11.9. The third kappa shape index (κ3) is 4.20. The van der Waals surface area contributed by atoms with Gasteiger partial charge in [0.25, 0.3) is 6.29 Å². The van der Waals surface area contributed by atoms with Gasteiger partial charge in [-0.25, -0.2) is 9.59 Å². The zero-order valence-electron chi connectivity index (χ0n) is 23.4. The monoisotopic (exact) mass is 547 g/mol. The summed E-state index contributed by atoms with van der Waals surface area (Å²) in [5.74, 6) is -0.663. The van der Waals surface area contributed by atoms with E-state index in [1.165, 1.54) is 14.0 Å². The first-order chi connectivity index (χ1) is 19.0. The summed E-state index contributed by atoms with van der Waals surface area (Å²) in [4.78, 5) is 37.7. The minimum Gasteiger partial charge on any atom is -0.496 e. The number of ether oxygens (including phenoxy) is 3. The lowest BCUT2D eigenvalue weighted by atomic mass is 9.43. The fourth-order valence-electron chi connectivity index (χ4n) is 7.29. The number of carbonyl (C=O) groups excluding carboxylic acids is 3. The smallest absolute Gasteiger partial charge is 0.482 e. The van der Waals surface area contributed by atoms with Gasteiger partial charge < -0.3 is 28.8 Å². The molecule has 6 atom stereocenters. The Morgan fingerprint density at radius 3 is 2.62 bits per heavy atom. The zero-order chi connectivity index (χ0) is 28.4. The lowest BCUT2D eigenvalue weighted by Gasteiger charge is -2.64. The predicted octanol–water partition coefficient (Wildman–Crippen LogP) is 4.04. The summed E-state index contributed by atoms with van der Waals surface area (Å²) in [6.45, 7) is 8.20. The number of amides is 1. The van der Waals surface area contributed by atoms with E-state index in [-0.39, 0.29) is 23.0 Å². The lowest BCUT2D eigenvalue weighted by Crippen LogP contribution is -2.65. The first-order valence-corrected chi connectivity index (χ1v) is 13.8. The largest absolute Gasteiger partial charge is 0.496 e. The first kappa shape index (κ1) is 26.8. The number of methoxy groups -OCH3 is 1. The normalized spacial score (nSPS) is 29.9. The van der Waals surface area contributed by atoms with Crippen molar-refractivity contribution in [2.75, 3.05) is 7.11 Å². The van der Waals surface area contributed by atoms with Gasteiger partial charge in [0, 0.05) is 12.5 Å². The van der Waals surface area contributed by atoms with Crippen LogP contribution in [0, 0.1) is 17.3 Å². The molecule has 2 aromatic rings. The van der Waals surface area contributed by atoms with Gasteiger partial charge in [0.15, 0.2) is 0 Å². The van der Waals surface area contributed by atoms with E-state index in [1.54, 1.807) is 36.4 Å². The van der Waals surface area contributed by atoms with Crippen LogP contribution in [0.15, 0.2) is 42.5 Å². The number of carbonyl (C=O) groups is 3. The van der Waals surface area contributed by atoms with E-state index < -0.39 is 36.9 Å². The van der Waals surface area contributed by atoms with Crippen molar-refractivity contribution in [1.82, 2.24) is 5.32 Å². The number of para-hydroxylation sites is 1. The molecule has 1 saturated heterocycles. The van der Waals surface area contributed by atoms with Gasteiger partial charge in [-0.05, 0) is 61.1 Å². The summed E-state index contributed by atoms with van der Waals surface area (Å²) >= 11 is 0. The molecule has 6 unspecified atom stereocenters. The molecule has 2 heterocycles. The number of hydrogen-bond acceptors (Lipinski definition) is 8. The standard InChI is InChI=1S/C30H34BNO8/c1-16(33)32-24(31-39-23-15-18-14-22(29(18,2)3)30(23,4)40-31)13-17-9-8-12-21(25(17)36-5)27(35)38-28-20-11-7-6-10-19(20)26(34)37-28/h6-12,18,22-24,28H,13-15H2,1-5H3,(H,32,33). The molecule has 3 saturated carbocycles. The Kier molecular flexibility index (Phi) is 6.46. The summed E-state index contributed by atoms with van der Waals surface area (Å²) in [5.41, 5.74) is 1.48. The minimum atomic E-state index is -1.14. The van der Waals surface area contributed by atoms with E-state index in [2.05, 4.69) is 26.1 Å². The molecule has 7 rings (SSSR count). The molecule has 4 fully saturated rings. The Hall–Kier alpha value is -3.37. The zero-order valence-corrected chi connectivity index (χ0v) is 23.4. The number of esters is 2. The van der Waals surface area contributed by atoms with Crippen molar-refractivity contribution < 1.29 is 37.9 Å². The number of hydrogen-bond donors (Lipinski definition) is 1. The summed E-state index contributed by atoms with van der Waals surface area (Å²) in [6.07, 6.45) is 1.18. The first-order valence-electron chi connectivity index (χ1n) is 13.8. The Balaban J connectivity index is 1.23. The maximum atomic E-state index is 13.3. The SMILES string of the molecule is COc1c(CC(NC(C)=O)B2OC3CC4CC(C4(C)C)C3(C)O2)cccc1C(=O)OC1OC(=O)c2ccccc21. The highest BCUT2D eigenvalue weighted by Crippen LogP contribution is 2.65. The van der Waals surface area contributed by atoms with E-state index in [0.29, 0.717) is 40.7 Å². The number of nitrogens with one attached hydrogen (secondary N) is 1. The molecule has 2 aliphatic heterocycles. The van der Waals surface area contributed by atoms with Crippen LogP contribution >= 0.6 is 0 Å². The van der Waals surface area contributed by atoms with Gasteiger partial charge in [0.05, 0.1) is 30.3 Å². The van der Waals surface area contributed by atoms with Crippen LogP contribution in [0.25, 0.3) is 0 Å². The van der Waals surface area contributed by atoms with Gasteiger partial charge in [-0.1, -0.05) is 44.2 Å². The van der Waals surface area contributed by atoms with Crippen molar-refractivity contribution in [2.24, 2.45) is 17.3 Å².